The molecule has 1 saturated carbocycles. The zero-order valence-corrected chi connectivity index (χ0v) is 18.5. The highest BCUT2D eigenvalue weighted by molar-refractivity contribution is 7.13. The average Bonchev–Trinajstić information content (AvgIpc) is 3.52. The number of aromatic nitrogens is 3. The van der Waals surface area contributed by atoms with Crippen molar-refractivity contribution in [1.82, 2.24) is 20.3 Å². The fraction of sp³-hybridized carbons (Fsp3) is 0.167. The first-order valence-corrected chi connectivity index (χ1v) is 11.3. The van der Waals surface area contributed by atoms with E-state index < -0.39 is 11.7 Å². The molecule has 7 nitrogen and oxygen atoms in total. The third-order valence-corrected chi connectivity index (χ3v) is 5.94. The van der Waals surface area contributed by atoms with E-state index >= 15 is 0 Å². The van der Waals surface area contributed by atoms with Crippen molar-refractivity contribution in [3.8, 4) is 27.7 Å². The molecule has 2 heterocycles. The van der Waals surface area contributed by atoms with Crippen molar-refractivity contribution in [2.75, 3.05) is 12.4 Å². The number of ether oxygens (including phenoxy) is 1. The molecule has 4 aromatic rings. The summed E-state index contributed by atoms with van der Waals surface area (Å²) in [6.45, 7) is 0. The molecule has 1 aliphatic carbocycles. The molecule has 0 atom stereocenters. The Morgan fingerprint density at radius 1 is 1.12 bits per heavy atom. The molecular formula is C24H20FN5O2S. The van der Waals surface area contributed by atoms with Gasteiger partial charge in [-0.3, -0.25) is 4.79 Å². The SMILES string of the molecule is CNC(=O)c1cc(Nc2nccc(-c3csc(-c4ccccc4)n3)n2)c(OC2CC2)cc1F. The summed E-state index contributed by atoms with van der Waals surface area (Å²) in [5, 5.41) is 8.37. The summed E-state index contributed by atoms with van der Waals surface area (Å²) in [5.41, 5.74) is 2.73. The Kier molecular flexibility index (Phi) is 5.70. The Hall–Kier alpha value is -3.85. The van der Waals surface area contributed by atoms with Crippen molar-refractivity contribution in [3.05, 3.63) is 71.5 Å². The summed E-state index contributed by atoms with van der Waals surface area (Å²) >= 11 is 1.53. The van der Waals surface area contributed by atoms with Crippen molar-refractivity contribution in [2.45, 2.75) is 18.9 Å². The maximum Gasteiger partial charge on any atom is 0.254 e. The van der Waals surface area contributed by atoms with E-state index in [0.717, 1.165) is 29.1 Å². The van der Waals surface area contributed by atoms with E-state index in [-0.39, 0.29) is 17.6 Å². The van der Waals surface area contributed by atoms with Crippen molar-refractivity contribution in [1.29, 1.82) is 0 Å². The minimum atomic E-state index is -0.652. The third kappa shape index (κ3) is 4.68. The second-order valence-electron chi connectivity index (χ2n) is 7.52. The molecular weight excluding hydrogens is 441 g/mol. The molecule has 2 N–H and O–H groups in total. The first kappa shape index (κ1) is 21.0. The lowest BCUT2D eigenvalue weighted by atomic mass is 10.1. The highest BCUT2D eigenvalue weighted by Crippen LogP contribution is 2.35. The number of nitrogens with zero attached hydrogens (tertiary/aromatic N) is 3. The summed E-state index contributed by atoms with van der Waals surface area (Å²) in [4.78, 5) is 25.6. The van der Waals surface area contributed by atoms with Crippen LogP contribution in [0.25, 0.3) is 22.0 Å². The second-order valence-corrected chi connectivity index (χ2v) is 8.38. The maximum atomic E-state index is 14.5. The number of hydrogen-bond acceptors (Lipinski definition) is 7. The molecule has 166 valence electrons. The number of hydrogen-bond donors (Lipinski definition) is 2. The van der Waals surface area contributed by atoms with Crippen LogP contribution in [0, 0.1) is 5.82 Å². The van der Waals surface area contributed by atoms with Crippen molar-refractivity contribution in [3.63, 3.8) is 0 Å². The first-order valence-electron chi connectivity index (χ1n) is 10.4. The normalized spacial score (nSPS) is 12.9. The van der Waals surface area contributed by atoms with Crippen LogP contribution in [0.15, 0.2) is 60.1 Å². The number of thiazole rings is 1. The molecule has 0 radical (unpaired) electrons. The van der Waals surface area contributed by atoms with Crippen LogP contribution in [0.5, 0.6) is 5.75 Å². The molecule has 1 fully saturated rings. The zero-order chi connectivity index (χ0) is 22.8. The van der Waals surface area contributed by atoms with Gasteiger partial charge in [0.1, 0.15) is 22.3 Å². The van der Waals surface area contributed by atoms with E-state index in [1.807, 2.05) is 35.7 Å². The Morgan fingerprint density at radius 2 is 1.94 bits per heavy atom. The maximum absolute atomic E-state index is 14.5. The number of amides is 1. The van der Waals surface area contributed by atoms with Crippen LogP contribution in [-0.2, 0) is 0 Å². The van der Waals surface area contributed by atoms with E-state index in [1.165, 1.54) is 30.5 Å². The number of benzene rings is 2. The van der Waals surface area contributed by atoms with Crippen molar-refractivity contribution >= 4 is 28.9 Å². The molecule has 1 amide bonds. The highest BCUT2D eigenvalue weighted by atomic mass is 32.1. The van der Waals surface area contributed by atoms with Gasteiger partial charge in [-0.25, -0.2) is 19.3 Å². The predicted octanol–water partition coefficient (Wildman–Crippen LogP) is 5.05. The molecule has 9 heteroatoms. The molecule has 5 rings (SSSR count). The summed E-state index contributed by atoms with van der Waals surface area (Å²) in [5.74, 6) is -0.575. The van der Waals surface area contributed by atoms with E-state index in [9.17, 15) is 9.18 Å². The van der Waals surface area contributed by atoms with Crippen LogP contribution >= 0.6 is 11.3 Å². The smallest absolute Gasteiger partial charge is 0.254 e. The van der Waals surface area contributed by atoms with Gasteiger partial charge in [0.25, 0.3) is 5.91 Å². The number of anilines is 2. The van der Waals surface area contributed by atoms with Crippen molar-refractivity contribution in [2.24, 2.45) is 0 Å². The zero-order valence-electron chi connectivity index (χ0n) is 17.7. The topological polar surface area (TPSA) is 89.0 Å². The average molecular weight is 462 g/mol. The molecule has 0 saturated heterocycles. The molecule has 2 aromatic heterocycles. The van der Waals surface area contributed by atoms with Gasteiger partial charge in [-0.05, 0) is 25.0 Å². The molecule has 0 unspecified atom stereocenters. The van der Waals surface area contributed by atoms with Gasteiger partial charge < -0.3 is 15.4 Å². The van der Waals surface area contributed by atoms with E-state index in [4.69, 9.17) is 9.72 Å². The number of rotatable bonds is 7. The monoisotopic (exact) mass is 461 g/mol. The molecule has 0 aliphatic heterocycles. The highest BCUT2D eigenvalue weighted by Gasteiger charge is 2.26. The van der Waals surface area contributed by atoms with Crippen LogP contribution in [0.4, 0.5) is 16.0 Å². The lowest BCUT2D eigenvalue weighted by Gasteiger charge is -2.14. The van der Waals surface area contributed by atoms with Crippen LogP contribution in [0.3, 0.4) is 0 Å². The quantitative estimate of drug-likeness (QED) is 0.400. The van der Waals surface area contributed by atoms with E-state index in [1.54, 1.807) is 12.3 Å². The lowest BCUT2D eigenvalue weighted by Crippen LogP contribution is -2.19. The summed E-state index contributed by atoms with van der Waals surface area (Å²) in [6.07, 6.45) is 3.50. The first-order chi connectivity index (χ1) is 16.1. The molecule has 0 spiro atoms. The van der Waals surface area contributed by atoms with Gasteiger partial charge in [-0.1, -0.05) is 30.3 Å². The Labute approximate surface area is 193 Å². The van der Waals surface area contributed by atoms with Crippen LogP contribution in [-0.4, -0.2) is 34.0 Å². The number of nitrogens with one attached hydrogen (secondary N) is 2. The van der Waals surface area contributed by atoms with Crippen LogP contribution in [0.2, 0.25) is 0 Å². The van der Waals surface area contributed by atoms with Crippen LogP contribution in [0.1, 0.15) is 23.2 Å². The van der Waals surface area contributed by atoms with Gasteiger partial charge >= 0.3 is 0 Å². The minimum absolute atomic E-state index is 0.0504. The fourth-order valence-electron chi connectivity index (χ4n) is 3.21. The van der Waals surface area contributed by atoms with Gasteiger partial charge in [0.15, 0.2) is 0 Å². The minimum Gasteiger partial charge on any atom is -0.488 e. The Morgan fingerprint density at radius 3 is 2.70 bits per heavy atom. The predicted molar refractivity (Wildman–Crippen MR) is 125 cm³/mol. The Bertz CT molecular complexity index is 1310. The number of carbonyl (C=O) groups is 1. The second kappa shape index (κ2) is 8.95. The van der Waals surface area contributed by atoms with Gasteiger partial charge in [0.05, 0.1) is 23.0 Å². The van der Waals surface area contributed by atoms with E-state index in [2.05, 4.69) is 20.6 Å². The van der Waals surface area contributed by atoms with Gasteiger partial charge in [-0.2, -0.15) is 0 Å². The van der Waals surface area contributed by atoms with E-state index in [0.29, 0.717) is 17.1 Å². The van der Waals surface area contributed by atoms with Crippen LogP contribution < -0.4 is 15.4 Å². The Balaban J connectivity index is 1.45. The van der Waals surface area contributed by atoms with Crippen molar-refractivity contribution < 1.29 is 13.9 Å². The van der Waals surface area contributed by atoms with Gasteiger partial charge in [0, 0.05) is 30.3 Å². The van der Waals surface area contributed by atoms with Gasteiger partial charge in [0.2, 0.25) is 5.95 Å². The molecule has 2 aromatic carbocycles. The summed E-state index contributed by atoms with van der Waals surface area (Å²) in [6, 6.07) is 14.3. The third-order valence-electron chi connectivity index (χ3n) is 5.05. The number of carbonyl (C=O) groups excluding carboxylic acids is 1. The lowest BCUT2D eigenvalue weighted by molar-refractivity contribution is 0.0959. The standard InChI is InChI=1S/C24H20FN5O2S/c1-26-22(31)16-11-19(21(12-17(16)25)32-15-7-8-15)30-24-27-10-9-18(29-24)20-13-33-23(28-20)14-5-3-2-4-6-14/h2-6,9-13,15H,7-8H2,1H3,(H,26,31)(H,27,29,30). The number of halogens is 1. The largest absolute Gasteiger partial charge is 0.488 e. The molecule has 1 aliphatic rings. The fourth-order valence-corrected chi connectivity index (χ4v) is 4.03. The van der Waals surface area contributed by atoms with Gasteiger partial charge in [-0.15, -0.1) is 11.3 Å². The molecule has 0 bridgehead atoms. The summed E-state index contributed by atoms with van der Waals surface area (Å²) in [7, 11) is 1.45. The summed E-state index contributed by atoms with van der Waals surface area (Å²) < 4.78 is 20.3. The molecule has 33 heavy (non-hydrogen) atoms.